The van der Waals surface area contributed by atoms with E-state index >= 15 is 0 Å². The highest BCUT2D eigenvalue weighted by Gasteiger charge is 2.13. The first-order chi connectivity index (χ1) is 7.75. The monoisotopic (exact) mass is 220 g/mol. The molecule has 0 aromatic heterocycles. The highest BCUT2D eigenvalue weighted by Crippen LogP contribution is 2.15. The van der Waals surface area contributed by atoms with Crippen LogP contribution in [0.4, 0.5) is 4.39 Å². The molecule has 0 N–H and O–H groups in total. The van der Waals surface area contributed by atoms with E-state index < -0.39 is 0 Å². The van der Waals surface area contributed by atoms with E-state index in [1.165, 1.54) is 12.1 Å². The zero-order valence-corrected chi connectivity index (χ0v) is 8.91. The van der Waals surface area contributed by atoms with E-state index in [0.717, 1.165) is 24.0 Å². The maximum absolute atomic E-state index is 12.7. The van der Waals surface area contributed by atoms with Gasteiger partial charge in [0.05, 0.1) is 12.9 Å². The topological polar surface area (TPSA) is 26.3 Å². The summed E-state index contributed by atoms with van der Waals surface area (Å²) in [7, 11) is 0. The number of carbonyl (C=O) groups is 1. The summed E-state index contributed by atoms with van der Waals surface area (Å²) in [5.41, 5.74) is 1.56. The Balaban J connectivity index is 2.01. The Bertz CT molecular complexity index is 406. The van der Waals surface area contributed by atoms with Crippen molar-refractivity contribution in [3.63, 3.8) is 0 Å². The SMILES string of the molecule is O=C(Cc1ccc(F)cc1)C1=COCCC1. The Morgan fingerprint density at radius 3 is 2.69 bits per heavy atom. The number of halogens is 1. The van der Waals surface area contributed by atoms with Gasteiger partial charge in [0.2, 0.25) is 0 Å². The van der Waals surface area contributed by atoms with E-state index in [9.17, 15) is 9.18 Å². The van der Waals surface area contributed by atoms with Crippen molar-refractivity contribution in [2.75, 3.05) is 6.61 Å². The van der Waals surface area contributed by atoms with Crippen LogP contribution in [0, 0.1) is 5.82 Å². The minimum Gasteiger partial charge on any atom is -0.501 e. The second kappa shape index (κ2) is 4.92. The maximum atomic E-state index is 12.7. The van der Waals surface area contributed by atoms with Gasteiger partial charge in [-0.05, 0) is 30.5 Å². The van der Waals surface area contributed by atoms with Crippen LogP contribution in [0.15, 0.2) is 36.1 Å². The highest BCUT2D eigenvalue weighted by molar-refractivity contribution is 5.96. The minimum absolute atomic E-state index is 0.0614. The van der Waals surface area contributed by atoms with Crippen LogP contribution in [0.3, 0.4) is 0 Å². The van der Waals surface area contributed by atoms with Crippen molar-refractivity contribution in [3.05, 3.63) is 47.5 Å². The summed E-state index contributed by atoms with van der Waals surface area (Å²) in [4.78, 5) is 11.8. The average Bonchev–Trinajstić information content (AvgIpc) is 2.33. The van der Waals surface area contributed by atoms with Gasteiger partial charge in [-0.25, -0.2) is 4.39 Å². The van der Waals surface area contributed by atoms with Crippen molar-refractivity contribution in [1.29, 1.82) is 0 Å². The van der Waals surface area contributed by atoms with E-state index in [-0.39, 0.29) is 11.6 Å². The fraction of sp³-hybridized carbons (Fsp3) is 0.308. The van der Waals surface area contributed by atoms with Crippen molar-refractivity contribution in [3.8, 4) is 0 Å². The van der Waals surface area contributed by atoms with Gasteiger partial charge in [-0.1, -0.05) is 12.1 Å². The maximum Gasteiger partial charge on any atom is 0.166 e. The van der Waals surface area contributed by atoms with Gasteiger partial charge in [0, 0.05) is 12.0 Å². The summed E-state index contributed by atoms with van der Waals surface area (Å²) < 4.78 is 17.8. The molecule has 16 heavy (non-hydrogen) atoms. The average molecular weight is 220 g/mol. The molecular formula is C13H13FO2. The third kappa shape index (κ3) is 2.69. The van der Waals surface area contributed by atoms with Crippen LogP contribution < -0.4 is 0 Å². The second-order valence-electron chi connectivity index (χ2n) is 3.84. The van der Waals surface area contributed by atoms with E-state index in [4.69, 9.17) is 4.74 Å². The van der Waals surface area contributed by atoms with E-state index in [0.29, 0.717) is 13.0 Å². The van der Waals surface area contributed by atoms with E-state index in [1.807, 2.05) is 0 Å². The zero-order chi connectivity index (χ0) is 11.4. The molecule has 2 nitrogen and oxygen atoms in total. The van der Waals surface area contributed by atoms with Gasteiger partial charge >= 0.3 is 0 Å². The number of rotatable bonds is 3. The van der Waals surface area contributed by atoms with Crippen LogP contribution in [0.2, 0.25) is 0 Å². The number of benzene rings is 1. The normalized spacial score (nSPS) is 15.2. The van der Waals surface area contributed by atoms with Gasteiger partial charge in [0.1, 0.15) is 5.82 Å². The summed E-state index contributed by atoms with van der Waals surface area (Å²) in [5.74, 6) is -0.220. The molecule has 0 radical (unpaired) electrons. The molecule has 0 fully saturated rings. The summed E-state index contributed by atoms with van der Waals surface area (Å²) in [5, 5.41) is 0. The summed E-state index contributed by atoms with van der Waals surface area (Å²) >= 11 is 0. The summed E-state index contributed by atoms with van der Waals surface area (Å²) in [6.07, 6.45) is 3.53. The lowest BCUT2D eigenvalue weighted by Crippen LogP contribution is -2.11. The highest BCUT2D eigenvalue weighted by atomic mass is 19.1. The quantitative estimate of drug-likeness (QED) is 0.782. The van der Waals surface area contributed by atoms with Gasteiger partial charge in [-0.15, -0.1) is 0 Å². The summed E-state index contributed by atoms with van der Waals surface area (Å²) in [6.45, 7) is 0.688. The molecule has 0 bridgehead atoms. The Morgan fingerprint density at radius 1 is 1.31 bits per heavy atom. The second-order valence-corrected chi connectivity index (χ2v) is 3.84. The van der Waals surface area contributed by atoms with Crippen molar-refractivity contribution < 1.29 is 13.9 Å². The van der Waals surface area contributed by atoms with Gasteiger partial charge in [-0.3, -0.25) is 4.79 Å². The number of Topliss-reactive ketones (excluding diaryl/α,β-unsaturated/α-hetero) is 1. The predicted octanol–water partition coefficient (Wildman–Crippen LogP) is 2.63. The molecule has 0 saturated carbocycles. The lowest BCUT2D eigenvalue weighted by molar-refractivity contribution is -0.115. The molecule has 1 aliphatic rings. The van der Waals surface area contributed by atoms with E-state index in [2.05, 4.69) is 0 Å². The first-order valence-electron chi connectivity index (χ1n) is 5.34. The van der Waals surface area contributed by atoms with Crippen LogP contribution in [0.25, 0.3) is 0 Å². The molecule has 0 atom stereocenters. The molecule has 2 rings (SSSR count). The van der Waals surface area contributed by atoms with Gasteiger partial charge in [0.25, 0.3) is 0 Å². The van der Waals surface area contributed by atoms with Crippen molar-refractivity contribution in [1.82, 2.24) is 0 Å². The molecule has 0 spiro atoms. The Labute approximate surface area is 93.7 Å². The van der Waals surface area contributed by atoms with Crippen LogP contribution >= 0.6 is 0 Å². The first-order valence-corrected chi connectivity index (χ1v) is 5.34. The molecular weight excluding hydrogens is 207 g/mol. The molecule has 1 aromatic rings. The molecule has 1 heterocycles. The zero-order valence-electron chi connectivity index (χ0n) is 8.91. The van der Waals surface area contributed by atoms with Crippen LogP contribution in [-0.2, 0) is 16.0 Å². The van der Waals surface area contributed by atoms with Gasteiger partial charge in [0.15, 0.2) is 5.78 Å². The molecule has 0 unspecified atom stereocenters. The molecule has 0 aliphatic carbocycles. The fourth-order valence-electron chi connectivity index (χ4n) is 1.67. The third-order valence-corrected chi connectivity index (χ3v) is 2.57. The minimum atomic E-state index is -0.281. The van der Waals surface area contributed by atoms with Gasteiger partial charge < -0.3 is 4.74 Å². The first kappa shape index (κ1) is 10.9. The fourth-order valence-corrected chi connectivity index (χ4v) is 1.67. The number of carbonyl (C=O) groups excluding carboxylic acids is 1. The lowest BCUT2D eigenvalue weighted by Gasteiger charge is -2.12. The Morgan fingerprint density at radius 2 is 2.06 bits per heavy atom. The molecule has 0 saturated heterocycles. The Kier molecular flexibility index (Phi) is 3.34. The Hall–Kier alpha value is -1.64. The van der Waals surface area contributed by atoms with E-state index in [1.54, 1.807) is 18.4 Å². The van der Waals surface area contributed by atoms with Crippen LogP contribution in [0.1, 0.15) is 18.4 Å². The van der Waals surface area contributed by atoms with Crippen molar-refractivity contribution in [2.24, 2.45) is 0 Å². The molecule has 0 amide bonds. The standard InChI is InChI=1S/C13H13FO2/c14-12-5-3-10(4-6-12)8-13(15)11-2-1-7-16-9-11/h3-6,9H,1-2,7-8H2. The molecule has 84 valence electrons. The largest absolute Gasteiger partial charge is 0.501 e. The van der Waals surface area contributed by atoms with Gasteiger partial charge in [-0.2, -0.15) is 0 Å². The lowest BCUT2D eigenvalue weighted by atomic mass is 10.00. The number of ketones is 1. The summed E-state index contributed by atoms with van der Waals surface area (Å²) in [6, 6.07) is 6.01. The molecule has 3 heteroatoms. The number of hydrogen-bond donors (Lipinski definition) is 0. The molecule has 1 aromatic carbocycles. The number of hydrogen-bond acceptors (Lipinski definition) is 2. The van der Waals surface area contributed by atoms with Crippen LogP contribution in [-0.4, -0.2) is 12.4 Å². The number of ether oxygens (including phenoxy) is 1. The van der Waals surface area contributed by atoms with Crippen molar-refractivity contribution in [2.45, 2.75) is 19.3 Å². The third-order valence-electron chi connectivity index (χ3n) is 2.57. The van der Waals surface area contributed by atoms with Crippen molar-refractivity contribution >= 4 is 5.78 Å². The smallest absolute Gasteiger partial charge is 0.166 e. The van der Waals surface area contributed by atoms with Crippen LogP contribution in [0.5, 0.6) is 0 Å². The number of allylic oxidation sites excluding steroid dienone is 1. The predicted molar refractivity (Wildman–Crippen MR) is 58.4 cm³/mol. The molecule has 1 aliphatic heterocycles.